The molecule has 8 heteroatoms. The predicted molar refractivity (Wildman–Crippen MR) is 126 cm³/mol. The molecular formula is C25H31FN4O3. The molecule has 0 spiro atoms. The first-order valence-corrected chi connectivity index (χ1v) is 11.4. The number of carboxylic acids is 1. The van der Waals surface area contributed by atoms with Gasteiger partial charge in [-0.3, -0.25) is 4.79 Å². The van der Waals surface area contributed by atoms with Gasteiger partial charge in [0.05, 0.1) is 18.7 Å². The number of ether oxygens (including phenoxy) is 1. The Balaban J connectivity index is 1.90. The molecule has 4 rings (SSSR count). The van der Waals surface area contributed by atoms with Gasteiger partial charge in [0.15, 0.2) is 23.0 Å². The molecule has 7 nitrogen and oxygen atoms in total. The zero-order valence-electron chi connectivity index (χ0n) is 19.9. The molecule has 176 valence electrons. The molecule has 1 aliphatic heterocycles. The predicted octanol–water partition coefficient (Wildman–Crippen LogP) is 4.95. The van der Waals surface area contributed by atoms with Crippen LogP contribution < -0.4 is 10.1 Å². The van der Waals surface area contributed by atoms with Crippen LogP contribution in [0.4, 0.5) is 10.2 Å². The average molecular weight is 455 g/mol. The highest BCUT2D eigenvalue weighted by Crippen LogP contribution is 2.39. The van der Waals surface area contributed by atoms with E-state index in [1.165, 1.54) is 6.07 Å². The Bertz CT molecular complexity index is 1230. The fraction of sp³-hybridized carbons (Fsp3) is 0.480. The van der Waals surface area contributed by atoms with Crippen molar-refractivity contribution in [3.63, 3.8) is 0 Å². The number of halogens is 1. The van der Waals surface area contributed by atoms with E-state index in [-0.39, 0.29) is 11.8 Å². The van der Waals surface area contributed by atoms with Gasteiger partial charge in [-0.1, -0.05) is 20.8 Å². The smallest absolute Gasteiger partial charge is 0.307 e. The molecule has 0 fully saturated rings. The summed E-state index contributed by atoms with van der Waals surface area (Å²) >= 11 is 0. The van der Waals surface area contributed by atoms with Gasteiger partial charge in [-0.25, -0.2) is 13.9 Å². The van der Waals surface area contributed by atoms with Gasteiger partial charge in [0.2, 0.25) is 0 Å². The summed E-state index contributed by atoms with van der Waals surface area (Å²) in [6, 6.07) is 3.28. The molecule has 1 aromatic carbocycles. The summed E-state index contributed by atoms with van der Waals surface area (Å²) in [6.07, 6.45) is 2.25. The van der Waals surface area contributed by atoms with Gasteiger partial charge in [-0.2, -0.15) is 0 Å². The van der Waals surface area contributed by atoms with Crippen molar-refractivity contribution in [3.05, 3.63) is 40.3 Å². The standard InChI is InChI=1S/C25H31FN4O3/c1-14-16-7-6-10-33-24(16)19(26)11-17(14)23-18(12-22(31)32)15(2)28-21-13-20(29-30(21)23)27-9-8-25(3,4)5/h11,13H,6-10,12H2,1-5H3,(H,27,29)(H,31,32). The number of fused-ring (bicyclic) bond motifs is 2. The number of aromatic nitrogens is 3. The Morgan fingerprint density at radius 3 is 2.76 bits per heavy atom. The Morgan fingerprint density at radius 2 is 2.06 bits per heavy atom. The number of carbonyl (C=O) groups is 1. The van der Waals surface area contributed by atoms with Crippen molar-refractivity contribution >= 4 is 17.4 Å². The van der Waals surface area contributed by atoms with Crippen LogP contribution in [0.5, 0.6) is 5.75 Å². The molecule has 0 bridgehead atoms. The summed E-state index contributed by atoms with van der Waals surface area (Å²) in [7, 11) is 0. The number of nitrogens with one attached hydrogen (secondary N) is 1. The molecule has 3 aromatic rings. The van der Waals surface area contributed by atoms with Gasteiger partial charge in [0, 0.05) is 35.0 Å². The highest BCUT2D eigenvalue weighted by molar-refractivity contribution is 5.79. The molecule has 0 unspecified atom stereocenters. The minimum absolute atomic E-state index is 0.181. The van der Waals surface area contributed by atoms with Gasteiger partial charge in [-0.05, 0) is 50.2 Å². The van der Waals surface area contributed by atoms with Crippen LogP contribution in [0.3, 0.4) is 0 Å². The van der Waals surface area contributed by atoms with Crippen LogP contribution in [0, 0.1) is 25.1 Å². The summed E-state index contributed by atoms with van der Waals surface area (Å²) in [5, 5.41) is 17.6. The SMILES string of the molecule is Cc1nc2cc(NCCC(C)(C)C)nn2c(-c2cc(F)c3c(c2C)CCCO3)c1CC(=O)O. The van der Waals surface area contributed by atoms with Gasteiger partial charge in [0.1, 0.15) is 0 Å². The fourth-order valence-corrected chi connectivity index (χ4v) is 4.35. The first kappa shape index (κ1) is 23.0. The van der Waals surface area contributed by atoms with E-state index < -0.39 is 11.8 Å². The maximum atomic E-state index is 15.1. The van der Waals surface area contributed by atoms with Crippen molar-refractivity contribution in [3.8, 4) is 17.0 Å². The number of benzene rings is 1. The molecular weight excluding hydrogens is 423 g/mol. The van der Waals surface area contributed by atoms with Crippen LogP contribution in [0.15, 0.2) is 12.1 Å². The summed E-state index contributed by atoms with van der Waals surface area (Å²) in [5.74, 6) is -0.464. The summed E-state index contributed by atoms with van der Waals surface area (Å²) in [6.45, 7) is 11.5. The molecule has 3 heterocycles. The number of anilines is 1. The maximum absolute atomic E-state index is 15.1. The molecule has 1 aliphatic rings. The van der Waals surface area contributed by atoms with Crippen LogP contribution >= 0.6 is 0 Å². The van der Waals surface area contributed by atoms with Crippen LogP contribution in [-0.2, 0) is 17.6 Å². The third kappa shape index (κ3) is 4.65. The van der Waals surface area contributed by atoms with Crippen molar-refractivity contribution in [2.45, 2.75) is 60.3 Å². The highest BCUT2D eigenvalue weighted by atomic mass is 19.1. The van der Waals surface area contributed by atoms with Crippen molar-refractivity contribution in [1.29, 1.82) is 0 Å². The lowest BCUT2D eigenvalue weighted by molar-refractivity contribution is -0.136. The number of aliphatic carboxylic acids is 1. The van der Waals surface area contributed by atoms with E-state index in [0.29, 0.717) is 52.8 Å². The van der Waals surface area contributed by atoms with Crippen LogP contribution in [0.2, 0.25) is 0 Å². The van der Waals surface area contributed by atoms with E-state index in [2.05, 4.69) is 31.1 Å². The lowest BCUT2D eigenvalue weighted by Crippen LogP contribution is -2.15. The Kier molecular flexibility index (Phi) is 6.03. The number of carboxylic acid groups (broad SMARTS) is 1. The minimum atomic E-state index is -0.976. The van der Waals surface area contributed by atoms with Gasteiger partial charge in [0.25, 0.3) is 0 Å². The molecule has 0 atom stereocenters. The van der Waals surface area contributed by atoms with Gasteiger partial charge < -0.3 is 15.2 Å². The number of aryl methyl sites for hydroxylation is 1. The summed E-state index contributed by atoms with van der Waals surface area (Å²) < 4.78 is 22.3. The second kappa shape index (κ2) is 8.65. The topological polar surface area (TPSA) is 88.8 Å². The summed E-state index contributed by atoms with van der Waals surface area (Å²) in [5.41, 5.74) is 4.78. The zero-order chi connectivity index (χ0) is 23.9. The molecule has 2 aromatic heterocycles. The molecule has 2 N–H and O–H groups in total. The third-order valence-electron chi connectivity index (χ3n) is 6.11. The Morgan fingerprint density at radius 1 is 1.30 bits per heavy atom. The number of hydrogen-bond donors (Lipinski definition) is 2. The molecule has 0 radical (unpaired) electrons. The Labute approximate surface area is 193 Å². The second-order valence-corrected chi connectivity index (χ2v) is 9.92. The monoisotopic (exact) mass is 454 g/mol. The van der Waals surface area contributed by atoms with Crippen molar-refractivity contribution in [2.75, 3.05) is 18.5 Å². The number of hydrogen-bond acceptors (Lipinski definition) is 5. The largest absolute Gasteiger partial charge is 0.490 e. The van der Waals surface area contributed by atoms with Crippen LogP contribution in [0.25, 0.3) is 16.9 Å². The number of rotatable bonds is 6. The van der Waals surface area contributed by atoms with Crippen LogP contribution in [-0.4, -0.2) is 38.8 Å². The van der Waals surface area contributed by atoms with Gasteiger partial charge >= 0.3 is 5.97 Å². The highest BCUT2D eigenvalue weighted by Gasteiger charge is 2.26. The number of nitrogens with zero attached hydrogens (tertiary/aromatic N) is 3. The molecule has 0 saturated heterocycles. The van der Waals surface area contributed by atoms with Crippen molar-refractivity contribution in [2.24, 2.45) is 5.41 Å². The lowest BCUT2D eigenvalue weighted by atomic mass is 9.91. The quantitative estimate of drug-likeness (QED) is 0.548. The fourth-order valence-electron chi connectivity index (χ4n) is 4.35. The van der Waals surface area contributed by atoms with E-state index in [1.807, 2.05) is 13.0 Å². The molecule has 0 amide bonds. The summed E-state index contributed by atoms with van der Waals surface area (Å²) in [4.78, 5) is 16.3. The third-order valence-corrected chi connectivity index (χ3v) is 6.11. The normalized spacial score (nSPS) is 13.6. The minimum Gasteiger partial charge on any atom is -0.490 e. The van der Waals surface area contributed by atoms with E-state index in [9.17, 15) is 9.90 Å². The van der Waals surface area contributed by atoms with E-state index in [1.54, 1.807) is 11.4 Å². The molecule has 33 heavy (non-hydrogen) atoms. The van der Waals surface area contributed by atoms with E-state index in [0.717, 1.165) is 30.5 Å². The van der Waals surface area contributed by atoms with Gasteiger partial charge in [-0.15, -0.1) is 5.10 Å². The van der Waals surface area contributed by atoms with Crippen LogP contribution in [0.1, 0.15) is 56.0 Å². The molecule has 0 aliphatic carbocycles. The second-order valence-electron chi connectivity index (χ2n) is 9.92. The average Bonchev–Trinajstić information content (AvgIpc) is 3.12. The zero-order valence-corrected chi connectivity index (χ0v) is 19.9. The lowest BCUT2D eigenvalue weighted by Gasteiger charge is -2.23. The van der Waals surface area contributed by atoms with E-state index in [4.69, 9.17) is 9.84 Å². The first-order valence-electron chi connectivity index (χ1n) is 11.4. The Hall–Kier alpha value is -3.16. The van der Waals surface area contributed by atoms with Crippen molar-refractivity contribution < 1.29 is 19.0 Å². The van der Waals surface area contributed by atoms with E-state index >= 15 is 4.39 Å². The maximum Gasteiger partial charge on any atom is 0.307 e. The molecule has 0 saturated carbocycles. The first-order chi connectivity index (χ1) is 15.5. The van der Waals surface area contributed by atoms with Crippen molar-refractivity contribution in [1.82, 2.24) is 14.6 Å².